The molecule has 0 fully saturated rings. The summed E-state index contributed by atoms with van der Waals surface area (Å²) in [6.07, 6.45) is -6.62. The number of rotatable bonds is 5. The summed E-state index contributed by atoms with van der Waals surface area (Å²) in [4.78, 5) is 1.18. The number of halogens is 4. The molecular formula is C12H21F4NOSi. The summed E-state index contributed by atoms with van der Waals surface area (Å²) in [5.74, 6) is -1.24. The van der Waals surface area contributed by atoms with Crippen LogP contribution in [0.4, 0.5) is 17.6 Å². The lowest BCUT2D eigenvalue weighted by Crippen LogP contribution is -2.33. The van der Waals surface area contributed by atoms with Crippen molar-refractivity contribution in [3.63, 3.8) is 0 Å². The summed E-state index contributed by atoms with van der Waals surface area (Å²) in [5, 5.41) is 0.227. The van der Waals surface area contributed by atoms with E-state index < -0.39 is 32.1 Å². The minimum atomic E-state index is -4.54. The van der Waals surface area contributed by atoms with E-state index in [1.165, 1.54) is 19.0 Å². The Kier molecular flexibility index (Phi) is 5.67. The standard InChI is InChI=1S/C12H21F4NOSi/c1-8(19(5,6)7)10(13)11(17(3)4)18-9(2)12(14,15)16/h9H,1H2,2-7H3/b11-10-/t9-/m1/s1. The lowest BCUT2D eigenvalue weighted by atomic mass is 10.4. The van der Waals surface area contributed by atoms with Crippen molar-refractivity contribution in [2.75, 3.05) is 14.1 Å². The molecular weight excluding hydrogens is 278 g/mol. The second-order valence-electron chi connectivity index (χ2n) is 5.54. The summed E-state index contributed by atoms with van der Waals surface area (Å²) >= 11 is 0. The quantitative estimate of drug-likeness (QED) is 0.328. The average Bonchev–Trinajstić information content (AvgIpc) is 2.20. The van der Waals surface area contributed by atoms with Crippen molar-refractivity contribution in [2.45, 2.75) is 38.8 Å². The topological polar surface area (TPSA) is 12.5 Å². The highest BCUT2D eigenvalue weighted by Crippen LogP contribution is 2.30. The Balaban J connectivity index is 5.39. The molecule has 0 unspecified atom stereocenters. The minimum Gasteiger partial charge on any atom is -0.464 e. The van der Waals surface area contributed by atoms with Gasteiger partial charge in [0, 0.05) is 14.1 Å². The first-order valence-corrected chi connectivity index (χ1v) is 9.28. The summed E-state index contributed by atoms with van der Waals surface area (Å²) < 4.78 is 56.4. The number of allylic oxidation sites excluding steroid dienone is 2. The van der Waals surface area contributed by atoms with Gasteiger partial charge in [-0.25, -0.2) is 4.39 Å². The third kappa shape index (κ3) is 5.26. The molecule has 19 heavy (non-hydrogen) atoms. The van der Waals surface area contributed by atoms with Crippen molar-refractivity contribution < 1.29 is 22.3 Å². The van der Waals surface area contributed by atoms with E-state index in [0.717, 1.165) is 6.92 Å². The molecule has 0 heterocycles. The van der Waals surface area contributed by atoms with Crippen molar-refractivity contribution in [2.24, 2.45) is 0 Å². The summed E-state index contributed by atoms with van der Waals surface area (Å²) in [6, 6.07) is 0. The first-order valence-electron chi connectivity index (χ1n) is 5.78. The molecule has 0 aromatic rings. The number of ether oxygens (including phenoxy) is 1. The van der Waals surface area contributed by atoms with Crippen LogP contribution in [-0.4, -0.2) is 39.3 Å². The van der Waals surface area contributed by atoms with E-state index in [1.54, 1.807) is 0 Å². The Labute approximate surface area is 112 Å². The first-order chi connectivity index (χ1) is 8.28. The molecule has 0 aromatic heterocycles. The largest absolute Gasteiger partial charge is 0.464 e. The monoisotopic (exact) mass is 299 g/mol. The van der Waals surface area contributed by atoms with Crippen LogP contribution < -0.4 is 0 Å². The van der Waals surface area contributed by atoms with E-state index in [0.29, 0.717) is 0 Å². The van der Waals surface area contributed by atoms with Gasteiger partial charge in [-0.2, -0.15) is 13.2 Å². The van der Waals surface area contributed by atoms with Crippen LogP contribution in [0.5, 0.6) is 0 Å². The highest BCUT2D eigenvalue weighted by Gasteiger charge is 2.39. The van der Waals surface area contributed by atoms with Gasteiger partial charge in [-0.3, -0.25) is 0 Å². The summed E-state index contributed by atoms with van der Waals surface area (Å²) in [6.45, 7) is 10.1. The predicted molar refractivity (Wildman–Crippen MR) is 70.9 cm³/mol. The Morgan fingerprint density at radius 1 is 1.21 bits per heavy atom. The van der Waals surface area contributed by atoms with Crippen LogP contribution in [0.2, 0.25) is 19.6 Å². The molecule has 0 amide bonds. The van der Waals surface area contributed by atoms with Gasteiger partial charge in [0.15, 0.2) is 11.9 Å². The van der Waals surface area contributed by atoms with Gasteiger partial charge in [-0.05, 0) is 12.1 Å². The molecule has 0 spiro atoms. The Morgan fingerprint density at radius 3 is 1.89 bits per heavy atom. The second-order valence-corrected chi connectivity index (χ2v) is 10.6. The van der Waals surface area contributed by atoms with Crippen LogP contribution in [0.3, 0.4) is 0 Å². The van der Waals surface area contributed by atoms with Gasteiger partial charge in [-0.1, -0.05) is 26.2 Å². The zero-order valence-corrected chi connectivity index (χ0v) is 13.2. The Morgan fingerprint density at radius 2 is 1.63 bits per heavy atom. The molecule has 0 aliphatic carbocycles. The van der Waals surface area contributed by atoms with Crippen molar-refractivity contribution >= 4 is 8.07 Å². The normalized spacial score (nSPS) is 15.7. The molecule has 0 radical (unpaired) electrons. The number of alkyl halides is 3. The molecule has 2 nitrogen and oxygen atoms in total. The molecule has 0 saturated carbocycles. The van der Waals surface area contributed by atoms with Gasteiger partial charge in [0.25, 0.3) is 0 Å². The summed E-state index contributed by atoms with van der Waals surface area (Å²) in [5.41, 5.74) is 0. The molecule has 112 valence electrons. The third-order valence-corrected chi connectivity index (χ3v) is 4.54. The van der Waals surface area contributed by atoms with Gasteiger partial charge in [-0.15, -0.1) is 0 Å². The number of nitrogens with zero attached hydrogens (tertiary/aromatic N) is 1. The third-order valence-electron chi connectivity index (χ3n) is 2.51. The fraction of sp³-hybridized carbons (Fsp3) is 0.667. The zero-order chi connectivity index (χ0) is 15.6. The molecule has 0 bridgehead atoms. The van der Waals surface area contributed by atoms with Crippen molar-refractivity contribution in [3.8, 4) is 0 Å². The SMILES string of the molecule is C=C(/C(F)=C(/O[C@H](C)C(F)(F)F)N(C)C)[Si](C)(C)C. The Bertz CT molecular complexity index is 369. The zero-order valence-electron chi connectivity index (χ0n) is 12.2. The number of hydrogen-bond acceptors (Lipinski definition) is 2. The van der Waals surface area contributed by atoms with Crippen molar-refractivity contribution in [3.05, 3.63) is 23.5 Å². The predicted octanol–water partition coefficient (Wildman–Crippen LogP) is 4.09. The van der Waals surface area contributed by atoms with E-state index in [4.69, 9.17) is 4.74 Å². The average molecular weight is 299 g/mol. The summed E-state index contributed by atoms with van der Waals surface area (Å²) in [7, 11) is 0.808. The fourth-order valence-electron chi connectivity index (χ4n) is 1.05. The highest BCUT2D eigenvalue weighted by atomic mass is 28.3. The van der Waals surface area contributed by atoms with E-state index >= 15 is 0 Å². The maximum atomic E-state index is 14.2. The van der Waals surface area contributed by atoms with E-state index in [2.05, 4.69) is 6.58 Å². The van der Waals surface area contributed by atoms with Gasteiger partial charge < -0.3 is 9.64 Å². The minimum absolute atomic E-state index is 0.227. The molecule has 0 aliphatic heterocycles. The van der Waals surface area contributed by atoms with Crippen LogP contribution in [0.1, 0.15) is 6.92 Å². The van der Waals surface area contributed by atoms with Crippen LogP contribution >= 0.6 is 0 Å². The van der Waals surface area contributed by atoms with Gasteiger partial charge in [0.1, 0.15) is 0 Å². The van der Waals surface area contributed by atoms with Crippen LogP contribution in [0.15, 0.2) is 23.5 Å². The molecule has 0 aliphatic rings. The maximum Gasteiger partial charge on any atom is 0.425 e. The smallest absolute Gasteiger partial charge is 0.425 e. The molecule has 0 rings (SSSR count). The van der Waals surface area contributed by atoms with Crippen molar-refractivity contribution in [1.29, 1.82) is 0 Å². The lowest BCUT2D eigenvalue weighted by molar-refractivity contribution is -0.208. The second kappa shape index (κ2) is 5.98. The molecule has 7 heteroatoms. The van der Waals surface area contributed by atoms with Crippen molar-refractivity contribution in [1.82, 2.24) is 4.90 Å². The molecule has 1 atom stereocenters. The highest BCUT2D eigenvalue weighted by molar-refractivity contribution is 6.83. The van der Waals surface area contributed by atoms with Gasteiger partial charge in [0.2, 0.25) is 5.88 Å². The first kappa shape index (κ1) is 18.0. The van der Waals surface area contributed by atoms with E-state index in [9.17, 15) is 17.6 Å². The van der Waals surface area contributed by atoms with Crippen LogP contribution in [-0.2, 0) is 4.74 Å². The lowest BCUT2D eigenvalue weighted by Gasteiger charge is -2.27. The van der Waals surface area contributed by atoms with Gasteiger partial charge in [0.05, 0.1) is 8.07 Å². The number of hydrogen-bond donors (Lipinski definition) is 0. The van der Waals surface area contributed by atoms with E-state index in [-0.39, 0.29) is 5.20 Å². The maximum absolute atomic E-state index is 14.2. The van der Waals surface area contributed by atoms with Crippen LogP contribution in [0, 0.1) is 0 Å². The Hall–Kier alpha value is -0.983. The van der Waals surface area contributed by atoms with E-state index in [1.807, 2.05) is 19.6 Å². The molecule has 0 N–H and O–H groups in total. The molecule has 0 saturated heterocycles. The fourth-order valence-corrected chi connectivity index (χ4v) is 1.81. The van der Waals surface area contributed by atoms with Crippen LogP contribution in [0.25, 0.3) is 0 Å². The van der Waals surface area contributed by atoms with Gasteiger partial charge >= 0.3 is 6.18 Å². The molecule has 0 aromatic carbocycles.